The van der Waals surface area contributed by atoms with Gasteiger partial charge in [0.25, 0.3) is 0 Å². The van der Waals surface area contributed by atoms with Crippen LogP contribution in [0.1, 0.15) is 11.6 Å². The molecule has 1 saturated heterocycles. The number of anilines is 1. The van der Waals surface area contributed by atoms with Crippen molar-refractivity contribution in [2.75, 3.05) is 31.6 Å². The maximum Gasteiger partial charge on any atom is 0.0700 e. The van der Waals surface area contributed by atoms with Crippen molar-refractivity contribution in [2.24, 2.45) is 5.11 Å². The van der Waals surface area contributed by atoms with Gasteiger partial charge >= 0.3 is 0 Å². The van der Waals surface area contributed by atoms with Gasteiger partial charge in [0.15, 0.2) is 0 Å². The Morgan fingerprint density at radius 2 is 1.77 bits per heavy atom. The molecule has 0 saturated carbocycles. The minimum Gasteiger partial charge on any atom is -0.360 e. The normalized spacial score (nSPS) is 20.7. The number of hydrogen-bond acceptors (Lipinski definition) is 3. The summed E-state index contributed by atoms with van der Waals surface area (Å²) in [6, 6.07) is 13.3. The Morgan fingerprint density at radius 1 is 1.08 bits per heavy atom. The van der Waals surface area contributed by atoms with Crippen LogP contribution in [0.15, 0.2) is 47.6 Å². The van der Waals surface area contributed by atoms with Crippen molar-refractivity contribution in [3.05, 3.63) is 73.5 Å². The topological polar surface area (TPSA) is 55.2 Å². The zero-order chi connectivity index (χ0) is 18.7. The van der Waals surface area contributed by atoms with Crippen LogP contribution >= 0.6 is 34.8 Å². The summed E-state index contributed by atoms with van der Waals surface area (Å²) < 4.78 is 0. The van der Waals surface area contributed by atoms with E-state index in [1.54, 1.807) is 6.07 Å². The van der Waals surface area contributed by atoms with E-state index in [-0.39, 0.29) is 12.1 Å². The van der Waals surface area contributed by atoms with Crippen LogP contribution in [0, 0.1) is 0 Å². The predicted molar refractivity (Wildman–Crippen MR) is 108 cm³/mol. The fourth-order valence-electron chi connectivity index (χ4n) is 3.43. The van der Waals surface area contributed by atoms with Crippen molar-refractivity contribution in [2.45, 2.75) is 12.1 Å². The minimum absolute atomic E-state index is 0.00701. The van der Waals surface area contributed by atoms with Crippen molar-refractivity contribution in [1.29, 1.82) is 0 Å². The summed E-state index contributed by atoms with van der Waals surface area (Å²) in [5.41, 5.74) is 10.8. The molecule has 2 unspecified atom stereocenters. The molecule has 5 nitrogen and oxygen atoms in total. The first-order chi connectivity index (χ1) is 12.5. The smallest absolute Gasteiger partial charge is 0.0700 e. The Kier molecular flexibility index (Phi) is 6.17. The van der Waals surface area contributed by atoms with Crippen LogP contribution in [0.25, 0.3) is 10.4 Å². The Balaban J connectivity index is 2.07. The van der Waals surface area contributed by atoms with Gasteiger partial charge in [-0.25, -0.2) is 0 Å². The molecular formula is C18H18Cl3N5. The first kappa shape index (κ1) is 19.2. The summed E-state index contributed by atoms with van der Waals surface area (Å²) in [5.74, 6) is 0. The number of halogens is 3. The van der Waals surface area contributed by atoms with E-state index in [4.69, 9.17) is 40.3 Å². The molecule has 1 heterocycles. The molecule has 2 aromatic rings. The van der Waals surface area contributed by atoms with E-state index in [9.17, 15) is 0 Å². The minimum atomic E-state index is -0.0322. The molecule has 0 aliphatic carbocycles. The maximum atomic E-state index is 8.81. The van der Waals surface area contributed by atoms with Gasteiger partial charge in [-0.1, -0.05) is 52.0 Å². The van der Waals surface area contributed by atoms with Crippen molar-refractivity contribution < 1.29 is 0 Å². The highest BCUT2D eigenvalue weighted by Gasteiger charge is 2.36. The van der Waals surface area contributed by atoms with Gasteiger partial charge in [0.1, 0.15) is 0 Å². The second-order valence-electron chi connectivity index (χ2n) is 6.25. The number of likely N-dealkylation sites (N-methyl/N-ethyl adjacent to an activating group) is 1. The summed E-state index contributed by atoms with van der Waals surface area (Å²) >= 11 is 18.6. The Hall–Kier alpha value is -1.62. The van der Waals surface area contributed by atoms with Gasteiger partial charge in [0.2, 0.25) is 0 Å². The number of piperazine rings is 1. The summed E-state index contributed by atoms with van der Waals surface area (Å²) in [6.45, 7) is 1.98. The number of rotatable bonds is 4. The summed E-state index contributed by atoms with van der Waals surface area (Å²) in [6.07, 6.45) is 0. The van der Waals surface area contributed by atoms with E-state index >= 15 is 0 Å². The third-order valence-corrected chi connectivity index (χ3v) is 5.51. The van der Waals surface area contributed by atoms with E-state index in [1.165, 1.54) is 0 Å². The van der Waals surface area contributed by atoms with E-state index in [2.05, 4.69) is 19.8 Å². The molecule has 0 bridgehead atoms. The Morgan fingerprint density at radius 3 is 2.42 bits per heavy atom. The zero-order valence-corrected chi connectivity index (χ0v) is 16.5. The SMILES string of the molecule is CN1CCN(c2ccc(Cl)cc2Cl)C(c2ccc(Cl)cc2)C1CN=[N+]=[N-]. The second-order valence-corrected chi connectivity index (χ2v) is 7.53. The lowest BCUT2D eigenvalue weighted by Gasteiger charge is -2.47. The van der Waals surface area contributed by atoms with E-state index in [0.717, 1.165) is 24.3 Å². The standard InChI is InChI=1S/C18H18Cl3N5/c1-25-8-9-26(16-7-6-14(20)10-15(16)21)18(17(25)11-23-24-22)12-2-4-13(19)5-3-12/h2-7,10,17-18H,8-9,11H2,1H3. The quantitative estimate of drug-likeness (QED) is 0.362. The average molecular weight is 411 g/mol. The van der Waals surface area contributed by atoms with E-state index in [0.29, 0.717) is 21.6 Å². The molecule has 2 atom stereocenters. The zero-order valence-electron chi connectivity index (χ0n) is 14.2. The molecular weight excluding hydrogens is 393 g/mol. The highest BCUT2D eigenvalue weighted by molar-refractivity contribution is 6.36. The molecule has 8 heteroatoms. The van der Waals surface area contributed by atoms with Crippen LogP contribution in [-0.2, 0) is 0 Å². The first-order valence-electron chi connectivity index (χ1n) is 8.19. The second kappa shape index (κ2) is 8.38. The highest BCUT2D eigenvalue weighted by Crippen LogP contribution is 2.39. The lowest BCUT2D eigenvalue weighted by Crippen LogP contribution is -2.54. The Bertz CT molecular complexity index is 820. The number of azide groups is 1. The Labute approximate surface area is 167 Å². The molecule has 26 heavy (non-hydrogen) atoms. The first-order valence-corrected chi connectivity index (χ1v) is 9.33. The lowest BCUT2D eigenvalue weighted by molar-refractivity contribution is 0.179. The summed E-state index contributed by atoms with van der Waals surface area (Å²) in [5, 5.41) is 5.72. The van der Waals surface area contributed by atoms with Crippen molar-refractivity contribution in [1.82, 2.24) is 4.90 Å². The average Bonchev–Trinajstić information content (AvgIpc) is 2.62. The van der Waals surface area contributed by atoms with Crippen LogP contribution < -0.4 is 4.90 Å². The van der Waals surface area contributed by atoms with Gasteiger partial charge < -0.3 is 4.90 Å². The molecule has 1 aliphatic rings. The van der Waals surface area contributed by atoms with Gasteiger partial charge in [-0.2, -0.15) is 0 Å². The third-order valence-electron chi connectivity index (χ3n) is 4.72. The van der Waals surface area contributed by atoms with Gasteiger partial charge in [-0.3, -0.25) is 4.90 Å². The monoisotopic (exact) mass is 409 g/mol. The lowest BCUT2D eigenvalue weighted by atomic mass is 9.93. The van der Waals surface area contributed by atoms with Crippen LogP contribution in [0.3, 0.4) is 0 Å². The molecule has 1 fully saturated rings. The number of hydrogen-bond donors (Lipinski definition) is 0. The van der Waals surface area contributed by atoms with Gasteiger partial charge in [-0.05, 0) is 48.5 Å². The number of nitrogens with zero attached hydrogens (tertiary/aromatic N) is 5. The maximum absolute atomic E-state index is 8.81. The van der Waals surface area contributed by atoms with Crippen LogP contribution in [-0.4, -0.2) is 37.6 Å². The molecule has 1 aliphatic heterocycles. The fraction of sp³-hybridized carbons (Fsp3) is 0.333. The van der Waals surface area contributed by atoms with E-state index < -0.39 is 0 Å². The highest BCUT2D eigenvalue weighted by atomic mass is 35.5. The summed E-state index contributed by atoms with van der Waals surface area (Å²) in [4.78, 5) is 7.41. The van der Waals surface area contributed by atoms with Crippen LogP contribution in [0.5, 0.6) is 0 Å². The van der Waals surface area contributed by atoms with Gasteiger partial charge in [0, 0.05) is 40.6 Å². The third kappa shape index (κ3) is 4.03. The van der Waals surface area contributed by atoms with Gasteiger partial charge in [0.05, 0.1) is 16.8 Å². The largest absolute Gasteiger partial charge is 0.360 e. The van der Waals surface area contributed by atoms with E-state index in [1.807, 2.05) is 43.4 Å². The summed E-state index contributed by atoms with van der Waals surface area (Å²) in [7, 11) is 2.04. The van der Waals surface area contributed by atoms with Crippen LogP contribution in [0.2, 0.25) is 15.1 Å². The molecule has 0 N–H and O–H groups in total. The van der Waals surface area contributed by atoms with Crippen molar-refractivity contribution >= 4 is 40.5 Å². The van der Waals surface area contributed by atoms with Crippen molar-refractivity contribution in [3.63, 3.8) is 0 Å². The van der Waals surface area contributed by atoms with Crippen molar-refractivity contribution in [3.8, 4) is 0 Å². The predicted octanol–water partition coefficient (Wildman–Crippen LogP) is 5.82. The number of benzene rings is 2. The molecule has 0 spiro atoms. The fourth-order valence-corrected chi connectivity index (χ4v) is 4.07. The van der Waals surface area contributed by atoms with Crippen LogP contribution in [0.4, 0.5) is 5.69 Å². The van der Waals surface area contributed by atoms with Gasteiger partial charge in [-0.15, -0.1) is 0 Å². The molecule has 0 amide bonds. The molecule has 0 radical (unpaired) electrons. The molecule has 2 aromatic carbocycles. The molecule has 0 aromatic heterocycles. The molecule has 136 valence electrons. The molecule has 3 rings (SSSR count).